The molecule has 0 atom stereocenters. The van der Waals surface area contributed by atoms with Gasteiger partial charge in [0.05, 0.1) is 121 Å². The normalized spacial score (nSPS) is 10.8. The number of carbonyl (C=O) groups excluding carboxylic acids is 2. The van der Waals surface area contributed by atoms with E-state index in [1.54, 1.807) is 155 Å². The summed E-state index contributed by atoms with van der Waals surface area (Å²) in [5.74, 6) is 6.76. The van der Waals surface area contributed by atoms with Crippen LogP contribution in [0, 0.1) is 41.0 Å². The van der Waals surface area contributed by atoms with Crippen molar-refractivity contribution in [1.82, 2.24) is 50.7 Å². The highest BCUT2D eigenvalue weighted by Gasteiger charge is 2.30. The molecule has 0 aliphatic heterocycles. The number of ether oxygens (including phenoxy) is 5. The van der Waals surface area contributed by atoms with E-state index in [-0.39, 0.29) is 60.3 Å². The predicted octanol–water partition coefficient (Wildman–Crippen LogP) is 25.3. The van der Waals surface area contributed by atoms with Gasteiger partial charge in [0.1, 0.15) is 28.7 Å². The van der Waals surface area contributed by atoms with E-state index in [2.05, 4.69) is 125 Å². The minimum atomic E-state index is -4.00. The van der Waals surface area contributed by atoms with Crippen molar-refractivity contribution >= 4 is 72.5 Å². The van der Waals surface area contributed by atoms with Crippen LogP contribution in [-0.2, 0) is 29.3 Å². The number of hydrogen-bond donors (Lipinski definition) is 0. The summed E-state index contributed by atoms with van der Waals surface area (Å²) in [6.07, 6.45) is 0.250. The van der Waals surface area contributed by atoms with Crippen LogP contribution in [0.15, 0.2) is 436 Å². The summed E-state index contributed by atoms with van der Waals surface area (Å²) in [5.41, 5.74) is 10.1. The Labute approximate surface area is 849 Å². The Kier molecular flexibility index (Phi) is 34.1. The van der Waals surface area contributed by atoms with E-state index in [9.17, 15) is 37.1 Å². The van der Waals surface area contributed by atoms with Crippen LogP contribution in [-0.4, -0.2) is 119 Å². The molecule has 0 amide bonds. The molecule has 0 aliphatic carbocycles. The van der Waals surface area contributed by atoms with Crippen molar-refractivity contribution < 1.29 is 82.6 Å². The van der Waals surface area contributed by atoms with Crippen molar-refractivity contribution in [1.29, 1.82) is 0 Å². The summed E-state index contributed by atoms with van der Waals surface area (Å²) < 4.78 is 107. The van der Waals surface area contributed by atoms with Crippen molar-refractivity contribution in [3.8, 4) is 143 Å². The maximum atomic E-state index is 13.2. The van der Waals surface area contributed by atoms with Gasteiger partial charge in [-0.3, -0.25) is 20.2 Å². The van der Waals surface area contributed by atoms with E-state index in [0.717, 1.165) is 80.4 Å². The first-order valence-corrected chi connectivity index (χ1v) is 49.4. The molecule has 15 aromatic carbocycles. The van der Waals surface area contributed by atoms with Gasteiger partial charge in [-0.1, -0.05) is 235 Å². The first kappa shape index (κ1) is 103. The number of sulfone groups is 2. The molecular weight excluding hydrogens is 1960 g/mol. The van der Waals surface area contributed by atoms with Gasteiger partial charge in [0.2, 0.25) is 48.8 Å². The molecule has 0 aliphatic rings. The Bertz CT molecular complexity index is 8040. The van der Waals surface area contributed by atoms with Crippen molar-refractivity contribution in [2.24, 2.45) is 0 Å². The van der Waals surface area contributed by atoms with Crippen molar-refractivity contribution in [2.45, 2.75) is 69.7 Å². The van der Waals surface area contributed by atoms with E-state index in [1.165, 1.54) is 66.4 Å². The number of aromatic nitrogens is 10. The van der Waals surface area contributed by atoms with Gasteiger partial charge >= 0.3 is 6.15 Å². The lowest BCUT2D eigenvalue weighted by atomic mass is 10.2. The summed E-state index contributed by atoms with van der Waals surface area (Å²) in [6.45, 7) is 6.07. The number of nitro groups is 2. The second kappa shape index (κ2) is 48.5. The Morgan fingerprint density at radius 3 is 0.699 bits per heavy atom. The number of aryl methyl sites for hydroxylation is 3. The number of benzene rings is 15. The first-order chi connectivity index (χ1) is 71.0. The summed E-state index contributed by atoms with van der Waals surface area (Å²) in [4.78, 5) is 65.9. The Morgan fingerprint density at radius 2 is 0.452 bits per heavy atom. The molecule has 0 saturated carbocycles. The second-order valence-corrected chi connectivity index (χ2v) is 38.1. The molecule has 20 aromatic rings. The minimum Gasteiger partial charge on any atom is -0.496 e. The molecule has 37 heteroatoms. The molecule has 730 valence electrons. The van der Waals surface area contributed by atoms with Gasteiger partial charge in [0.15, 0.2) is 0 Å². The largest absolute Gasteiger partial charge is 0.496 e. The van der Waals surface area contributed by atoms with Crippen LogP contribution in [0.3, 0.4) is 0 Å². The number of para-hydroxylation sites is 5. The molecule has 5 aromatic heterocycles. The second-order valence-electron chi connectivity index (χ2n) is 30.9. The quantitative estimate of drug-likeness (QED) is 0.0341. The average molecular weight is 2040 g/mol. The standard InChI is InChI=1S/C22H18N2O4S.2C22H18N2O2S.C21H15N3O6S.C21H15N3O4S.CO2/c1-15-11-13-16(14-12-15)29(25,26)20-10-6-4-8-18(20)22-23-21(24-28-22)17-7-3-5-9-19(17)27-2;2*1-15-11-13-16(14-12-15)27-20-10-6-4-8-18(20)22-23-21(24-26-22)17-7-3-5-9-19(17)25-2;1-29-18-8-4-2-6-16(18)20-22-21(30-23-20)17-7-3-5-9-19(17)31(27,28)15-12-10-14(11-13-15)24(25)26;1-27-18-8-4-2-6-16(18)20-22-21(28-23-20)17-7-3-5-9-19(17)29-15-12-10-14(11-13-15)24(25)26;2-1-3/h3-14H,1-2H3;2*3-14H,1-2H3;2-13H,1H3;2-13H,1H3;. The summed E-state index contributed by atoms with van der Waals surface area (Å²) in [6, 6.07) is 108. The summed E-state index contributed by atoms with van der Waals surface area (Å²) in [5, 5.41) is 42.1. The number of non-ortho nitro benzene ring substituents is 2. The first-order valence-electron chi connectivity index (χ1n) is 44.0. The molecule has 0 bridgehead atoms. The van der Waals surface area contributed by atoms with Crippen LogP contribution in [0.25, 0.3) is 114 Å². The van der Waals surface area contributed by atoms with Crippen LogP contribution in [0.1, 0.15) is 16.7 Å². The van der Waals surface area contributed by atoms with Crippen molar-refractivity contribution in [3.63, 3.8) is 0 Å². The monoisotopic (exact) mass is 2040 g/mol. The number of hydrogen-bond acceptors (Lipinski definition) is 33. The van der Waals surface area contributed by atoms with Crippen LogP contribution in [0.5, 0.6) is 28.7 Å². The zero-order valence-corrected chi connectivity index (χ0v) is 82.8. The van der Waals surface area contributed by atoms with Gasteiger partial charge in [-0.25, -0.2) is 16.8 Å². The lowest BCUT2D eigenvalue weighted by Gasteiger charge is -2.08. The molecular formula is C109H84N12O20S5. The van der Waals surface area contributed by atoms with Crippen molar-refractivity contribution in [3.05, 3.63) is 401 Å². The molecule has 0 N–H and O–H groups in total. The van der Waals surface area contributed by atoms with Crippen LogP contribution in [0.2, 0.25) is 0 Å². The third-order valence-electron chi connectivity index (χ3n) is 21.5. The highest BCUT2D eigenvalue weighted by molar-refractivity contribution is 8.00. The molecule has 0 unspecified atom stereocenters. The lowest BCUT2D eigenvalue weighted by Crippen LogP contribution is -2.04. The van der Waals surface area contributed by atoms with Gasteiger partial charge in [0.25, 0.3) is 40.8 Å². The van der Waals surface area contributed by atoms with Gasteiger partial charge in [-0.05, 0) is 203 Å². The fourth-order valence-corrected chi connectivity index (χ4v) is 20.0. The third kappa shape index (κ3) is 25.0. The Hall–Kier alpha value is -17.9. The Balaban J connectivity index is 0.000000136. The molecule has 0 spiro atoms. The molecule has 0 radical (unpaired) electrons. The van der Waals surface area contributed by atoms with Gasteiger partial charge in [0, 0.05) is 53.6 Å². The average Bonchev–Trinajstić information content (AvgIpc) is 1.26. The van der Waals surface area contributed by atoms with Crippen molar-refractivity contribution in [2.75, 3.05) is 35.5 Å². The number of rotatable bonds is 27. The summed E-state index contributed by atoms with van der Waals surface area (Å²) >= 11 is 4.82. The minimum absolute atomic E-state index is 0.0157. The zero-order chi connectivity index (χ0) is 103. The van der Waals surface area contributed by atoms with E-state index in [1.807, 2.05) is 159 Å². The van der Waals surface area contributed by atoms with E-state index >= 15 is 0 Å². The number of nitro benzene ring substituents is 2. The maximum absolute atomic E-state index is 13.2. The topological polar surface area (TPSA) is 429 Å². The molecule has 5 heterocycles. The number of methoxy groups -OCH3 is 5. The van der Waals surface area contributed by atoms with Gasteiger partial charge in [-0.15, -0.1) is 0 Å². The fraction of sp³-hybridized carbons (Fsp3) is 0.0734. The maximum Gasteiger partial charge on any atom is 0.373 e. The highest BCUT2D eigenvalue weighted by atomic mass is 32.2. The molecule has 32 nitrogen and oxygen atoms in total. The molecule has 0 saturated heterocycles. The Morgan fingerprint density at radius 1 is 0.260 bits per heavy atom. The van der Waals surface area contributed by atoms with Gasteiger partial charge < -0.3 is 46.3 Å². The lowest BCUT2D eigenvalue weighted by molar-refractivity contribution is -0.385. The van der Waals surface area contributed by atoms with E-state index < -0.39 is 29.5 Å². The SMILES string of the molecule is COc1ccccc1-c1noc(-c2ccccc2S(=O)(=O)c2ccc(C)cc2)n1.COc1ccccc1-c1noc(-c2ccccc2S(=O)(=O)c2ccc([N+](=O)[O-])cc2)n1.COc1ccccc1-c1noc(-c2ccccc2Sc2ccc(C)cc2)n1.COc1ccccc1-c1noc(-c2ccccc2Sc2ccc(C)cc2)n1.COc1ccccc1-c1noc(-c2ccccc2Sc2ccc([N+](=O)[O-])cc2)n1.O=C=O. The molecule has 146 heavy (non-hydrogen) atoms. The van der Waals surface area contributed by atoms with Crippen LogP contribution in [0.4, 0.5) is 11.4 Å². The highest BCUT2D eigenvalue weighted by Crippen LogP contribution is 2.44. The zero-order valence-electron chi connectivity index (χ0n) is 78.7. The third-order valence-corrected chi connectivity index (χ3v) is 28.4. The number of nitrogens with zero attached hydrogens (tertiary/aromatic N) is 12. The summed E-state index contributed by atoms with van der Waals surface area (Å²) in [7, 11) is 0.178. The van der Waals surface area contributed by atoms with E-state index in [0.29, 0.717) is 86.4 Å². The predicted molar refractivity (Wildman–Crippen MR) is 547 cm³/mol. The fourth-order valence-electron chi connectivity index (χ4n) is 14.3. The van der Waals surface area contributed by atoms with Crippen LogP contribution < -0.4 is 23.7 Å². The van der Waals surface area contributed by atoms with E-state index in [4.69, 9.17) is 55.9 Å². The molecule has 0 fully saturated rings. The molecule has 20 rings (SSSR count). The van der Waals surface area contributed by atoms with Crippen LogP contribution >= 0.6 is 35.3 Å². The van der Waals surface area contributed by atoms with Gasteiger partial charge in [-0.2, -0.15) is 34.5 Å². The smallest absolute Gasteiger partial charge is 0.373 e.